The maximum absolute atomic E-state index is 14.3. The Bertz CT molecular complexity index is 1870. The number of carbonyl (C=O) groups is 9. The van der Waals surface area contributed by atoms with Crippen LogP contribution < -0.4 is 70.8 Å². The van der Waals surface area contributed by atoms with Gasteiger partial charge in [-0.3, -0.25) is 43.2 Å². The summed E-state index contributed by atoms with van der Waals surface area (Å²) >= 11 is 0. The molecule has 0 radical (unpaired) electrons. The minimum absolute atomic E-state index is 0.00410. The lowest BCUT2D eigenvalue weighted by Gasteiger charge is -2.30. The van der Waals surface area contributed by atoms with Crippen molar-refractivity contribution in [3.8, 4) is 0 Å². The van der Waals surface area contributed by atoms with Crippen LogP contribution in [0, 0.1) is 5.92 Å². The van der Waals surface area contributed by atoms with Crippen LogP contribution in [0.4, 0.5) is 0 Å². The molecule has 0 spiro atoms. The number of amides is 9. The number of nitrogens with one attached hydrogen (secondary N) is 9. The Balaban J connectivity index is 2.63. The minimum Gasteiger partial charge on any atom is -0.363 e. The molecule has 1 heterocycles. The van der Waals surface area contributed by atoms with Crippen molar-refractivity contribution in [2.75, 3.05) is 32.7 Å². The van der Waals surface area contributed by atoms with Gasteiger partial charge in [-0.05, 0) is 83.1 Å². The largest absolute Gasteiger partial charge is 0.363 e. The highest BCUT2D eigenvalue weighted by Gasteiger charge is 2.38. The Kier molecular flexibility index (Phi) is 28.5. The van der Waals surface area contributed by atoms with Crippen molar-refractivity contribution in [1.29, 1.82) is 0 Å². The topological polar surface area (TPSA) is 386 Å². The van der Waals surface area contributed by atoms with Gasteiger partial charge in [0.1, 0.15) is 42.3 Å². The van der Waals surface area contributed by atoms with Gasteiger partial charge >= 0.3 is 0 Å². The quantitative estimate of drug-likeness (QED) is 0.0507. The molecule has 0 aromatic heterocycles. The zero-order valence-corrected chi connectivity index (χ0v) is 42.1. The molecule has 1 aromatic rings. The van der Waals surface area contributed by atoms with Crippen LogP contribution in [0.5, 0.6) is 0 Å². The second-order valence-corrected chi connectivity index (χ2v) is 18.3. The zero-order chi connectivity index (χ0) is 52.9. The van der Waals surface area contributed by atoms with Crippen LogP contribution in [-0.2, 0) is 49.6 Å². The van der Waals surface area contributed by atoms with Crippen molar-refractivity contribution in [3.05, 3.63) is 35.9 Å². The molecule has 1 fully saturated rings. The van der Waals surface area contributed by atoms with Gasteiger partial charge in [0.15, 0.2) is 0 Å². The van der Waals surface area contributed by atoms with Crippen molar-refractivity contribution in [2.45, 2.75) is 172 Å². The van der Waals surface area contributed by atoms with Crippen molar-refractivity contribution in [1.82, 2.24) is 47.9 Å². The summed E-state index contributed by atoms with van der Waals surface area (Å²) in [5.41, 5.74) is 21.4. The van der Waals surface area contributed by atoms with Gasteiger partial charge in [0.2, 0.25) is 53.0 Å². The summed E-state index contributed by atoms with van der Waals surface area (Å²) in [5.74, 6) is -7.99. The normalized spacial score (nSPS) is 24.4. The number of unbranched alkanes of at least 4 members (excludes halogenated alkanes) is 6. The fourth-order valence-corrected chi connectivity index (χ4v) is 7.77. The van der Waals surface area contributed by atoms with Crippen molar-refractivity contribution in [3.63, 3.8) is 0 Å². The Labute approximate surface area is 417 Å². The van der Waals surface area contributed by atoms with E-state index in [-0.39, 0.29) is 77.0 Å². The molecule has 1 aliphatic heterocycles. The van der Waals surface area contributed by atoms with Gasteiger partial charge in [-0.1, -0.05) is 96.0 Å². The molecule has 2 rings (SSSR count). The third kappa shape index (κ3) is 22.1. The lowest BCUT2D eigenvalue weighted by Crippen LogP contribution is -2.63. The van der Waals surface area contributed by atoms with Crippen LogP contribution in [0.2, 0.25) is 0 Å². The van der Waals surface area contributed by atoms with E-state index in [2.05, 4.69) is 54.8 Å². The van der Waals surface area contributed by atoms with Gasteiger partial charge in [-0.25, -0.2) is 0 Å². The standard InChI is InChI=1S/C48H83N13O10/c1-5-7-8-9-10-11-15-18-38(62)54-32(19-24-49)40(63)57-36-23-28-53-47(70)48(4,71)61-45(68)35(22-27-52)56-41(64)34(21-26-51)58-46(69)39(30(3)6-2)60-44(67)37(29-31-16-13-12-14-17-31)59-42(65)33(20-25-50)55-43(36)66/h12-14,16-17,30,32-37,39,71H,5-11,15,18-29,49-52H2,1-4H3,(H,53,70)(H,54,62)(H,55,66)(H,56,64)(H,57,63)(H,58,69)(H,59,65)(H,60,67)(H,61,68)/t30-,32-,33-,34-,35-,36-,37+,39-,48-/m0/s1. The van der Waals surface area contributed by atoms with Crippen LogP contribution >= 0.6 is 0 Å². The lowest BCUT2D eigenvalue weighted by atomic mass is 9.96. The Morgan fingerprint density at radius 2 is 1.21 bits per heavy atom. The molecule has 400 valence electrons. The van der Waals surface area contributed by atoms with E-state index in [0.29, 0.717) is 18.4 Å². The van der Waals surface area contributed by atoms with Gasteiger partial charge < -0.3 is 75.9 Å². The highest BCUT2D eigenvalue weighted by Crippen LogP contribution is 2.13. The van der Waals surface area contributed by atoms with E-state index in [1.54, 1.807) is 44.2 Å². The molecule has 18 N–H and O–H groups in total. The first kappa shape index (κ1) is 61.4. The zero-order valence-electron chi connectivity index (χ0n) is 42.1. The first-order valence-corrected chi connectivity index (χ1v) is 25.1. The highest BCUT2D eigenvalue weighted by molar-refractivity contribution is 5.98. The number of nitrogens with two attached hydrogens (primary N) is 4. The number of benzene rings is 1. The summed E-state index contributed by atoms with van der Waals surface area (Å²) in [6.07, 6.45) is 6.58. The predicted octanol–water partition coefficient (Wildman–Crippen LogP) is -2.45. The maximum Gasteiger partial charge on any atom is 0.272 e. The van der Waals surface area contributed by atoms with E-state index < -0.39 is 108 Å². The van der Waals surface area contributed by atoms with Crippen LogP contribution in [0.1, 0.15) is 123 Å². The molecule has 1 aromatic carbocycles. The Hall–Kier alpha value is -5.75. The number of carbonyl (C=O) groups excluding carboxylic acids is 9. The predicted molar refractivity (Wildman–Crippen MR) is 267 cm³/mol. The van der Waals surface area contributed by atoms with E-state index in [0.717, 1.165) is 45.4 Å². The van der Waals surface area contributed by atoms with Crippen LogP contribution in [-0.4, -0.2) is 139 Å². The number of hydrogen-bond acceptors (Lipinski definition) is 14. The summed E-state index contributed by atoms with van der Waals surface area (Å²) in [5, 5.41) is 34.3. The lowest BCUT2D eigenvalue weighted by molar-refractivity contribution is -0.148. The molecule has 9 atom stereocenters. The molecule has 0 unspecified atom stereocenters. The third-order valence-electron chi connectivity index (χ3n) is 12.2. The van der Waals surface area contributed by atoms with Crippen molar-refractivity contribution < 1.29 is 48.3 Å². The molecule has 0 bridgehead atoms. The summed E-state index contributed by atoms with van der Waals surface area (Å²) < 4.78 is 0. The molecule has 0 aliphatic carbocycles. The fraction of sp³-hybridized carbons (Fsp3) is 0.688. The molecular formula is C48H83N13O10. The van der Waals surface area contributed by atoms with Gasteiger partial charge in [0.25, 0.3) is 5.91 Å². The molecule has 0 saturated carbocycles. The smallest absolute Gasteiger partial charge is 0.272 e. The van der Waals surface area contributed by atoms with Crippen LogP contribution in [0.15, 0.2) is 30.3 Å². The summed E-state index contributed by atoms with van der Waals surface area (Å²) in [4.78, 5) is 125. The van der Waals surface area contributed by atoms with E-state index in [1.165, 1.54) is 0 Å². The SMILES string of the molecule is CCCCCCCCCC(=O)N[C@@H](CCN)C(=O)N[C@H]1CCNC(=O)[C@](C)(O)NC(=O)[C@H](CCN)NC(=O)[C@H](CCN)NC(=O)[C@H]([C@@H](C)CC)NC(=O)[C@@H](Cc2ccccc2)NC(=O)[C@H](CCN)NC1=O. The molecule has 1 saturated heterocycles. The highest BCUT2D eigenvalue weighted by atomic mass is 16.3. The monoisotopic (exact) mass is 1000 g/mol. The average molecular weight is 1000 g/mol. The van der Waals surface area contributed by atoms with Gasteiger partial charge in [-0.15, -0.1) is 0 Å². The first-order chi connectivity index (χ1) is 33.8. The van der Waals surface area contributed by atoms with Crippen LogP contribution in [0.25, 0.3) is 0 Å². The average Bonchev–Trinajstić information content (AvgIpc) is 3.33. The van der Waals surface area contributed by atoms with Crippen molar-refractivity contribution >= 4 is 53.2 Å². The molecular weight excluding hydrogens is 919 g/mol. The number of hydrogen-bond donors (Lipinski definition) is 14. The van der Waals surface area contributed by atoms with Gasteiger partial charge in [0.05, 0.1) is 0 Å². The Morgan fingerprint density at radius 1 is 0.690 bits per heavy atom. The second-order valence-electron chi connectivity index (χ2n) is 18.3. The minimum atomic E-state index is -2.61. The molecule has 23 nitrogen and oxygen atoms in total. The van der Waals surface area contributed by atoms with Gasteiger partial charge in [0, 0.05) is 19.4 Å². The molecule has 71 heavy (non-hydrogen) atoms. The van der Waals surface area contributed by atoms with Crippen molar-refractivity contribution in [2.24, 2.45) is 28.9 Å². The Morgan fingerprint density at radius 3 is 1.77 bits per heavy atom. The third-order valence-corrected chi connectivity index (χ3v) is 12.2. The summed E-state index contributed by atoms with van der Waals surface area (Å²) in [6, 6.07) is -0.670. The maximum atomic E-state index is 14.3. The number of rotatable bonds is 23. The molecule has 9 amide bonds. The number of aliphatic hydroxyl groups is 1. The molecule has 23 heteroatoms. The van der Waals surface area contributed by atoms with E-state index in [4.69, 9.17) is 22.9 Å². The summed E-state index contributed by atoms with van der Waals surface area (Å²) in [7, 11) is 0. The molecule has 1 aliphatic rings. The second kappa shape index (κ2) is 33.0. The fourth-order valence-electron chi connectivity index (χ4n) is 7.77. The van der Waals surface area contributed by atoms with E-state index >= 15 is 0 Å². The first-order valence-electron chi connectivity index (χ1n) is 25.1. The van der Waals surface area contributed by atoms with Gasteiger partial charge in [-0.2, -0.15) is 0 Å². The van der Waals surface area contributed by atoms with E-state index in [1.807, 2.05) is 0 Å². The van der Waals surface area contributed by atoms with E-state index in [9.17, 15) is 48.3 Å². The van der Waals surface area contributed by atoms with Crippen LogP contribution in [0.3, 0.4) is 0 Å². The summed E-state index contributed by atoms with van der Waals surface area (Å²) in [6.45, 7) is 5.86.